The van der Waals surface area contributed by atoms with E-state index in [1.807, 2.05) is 26.0 Å². The molecule has 0 amide bonds. The molecule has 0 spiro atoms. The summed E-state index contributed by atoms with van der Waals surface area (Å²) in [5, 5.41) is 13.5. The van der Waals surface area contributed by atoms with Crippen molar-refractivity contribution in [3.63, 3.8) is 0 Å². The molecule has 0 aromatic heterocycles. The normalized spacial score (nSPS) is 15.4. The summed E-state index contributed by atoms with van der Waals surface area (Å²) >= 11 is 0. The van der Waals surface area contributed by atoms with Gasteiger partial charge in [0.1, 0.15) is 0 Å². The maximum absolute atomic E-state index is 11.3. The van der Waals surface area contributed by atoms with Crippen molar-refractivity contribution in [2.75, 3.05) is 13.7 Å². The fraction of sp³-hybridized carbons (Fsp3) is 0.562. The number of esters is 1. The smallest absolute Gasteiger partial charge is 0.337 e. The minimum Gasteiger partial charge on any atom is -0.465 e. The fourth-order valence-corrected chi connectivity index (χ4v) is 1.95. The van der Waals surface area contributed by atoms with Crippen molar-refractivity contribution in [2.45, 2.75) is 39.3 Å². The Labute approximate surface area is 121 Å². The second kappa shape index (κ2) is 7.41. The molecule has 2 atom stereocenters. The van der Waals surface area contributed by atoms with Gasteiger partial charge in [-0.05, 0) is 30.5 Å². The fourth-order valence-electron chi connectivity index (χ4n) is 1.95. The second-order valence-electron chi connectivity index (χ2n) is 5.46. The molecule has 1 aromatic rings. The van der Waals surface area contributed by atoms with Crippen molar-refractivity contribution < 1.29 is 14.6 Å². The monoisotopic (exact) mass is 279 g/mol. The van der Waals surface area contributed by atoms with Gasteiger partial charge in [0.05, 0.1) is 18.3 Å². The van der Waals surface area contributed by atoms with Crippen molar-refractivity contribution in [1.29, 1.82) is 0 Å². The second-order valence-corrected chi connectivity index (χ2v) is 5.46. The molecule has 1 aromatic carbocycles. The van der Waals surface area contributed by atoms with Crippen LogP contribution >= 0.6 is 0 Å². The first-order valence-corrected chi connectivity index (χ1v) is 7.01. The Bertz CT molecular complexity index is 426. The Morgan fingerprint density at radius 1 is 1.40 bits per heavy atom. The van der Waals surface area contributed by atoms with Crippen LogP contribution in [0.3, 0.4) is 0 Å². The number of benzene rings is 1. The number of hydrogen-bond acceptors (Lipinski definition) is 4. The van der Waals surface area contributed by atoms with Gasteiger partial charge in [0.25, 0.3) is 0 Å². The summed E-state index contributed by atoms with van der Waals surface area (Å²) in [6.07, 6.45) is 0.947. The minimum absolute atomic E-state index is 0.247. The van der Waals surface area contributed by atoms with Crippen molar-refractivity contribution in [3.05, 3.63) is 35.4 Å². The highest BCUT2D eigenvalue weighted by molar-refractivity contribution is 5.89. The molecule has 0 aliphatic heterocycles. The van der Waals surface area contributed by atoms with Gasteiger partial charge in [-0.15, -0.1) is 0 Å². The van der Waals surface area contributed by atoms with Crippen LogP contribution in [0.4, 0.5) is 0 Å². The Morgan fingerprint density at radius 3 is 2.50 bits per heavy atom. The van der Waals surface area contributed by atoms with Crippen LogP contribution in [-0.4, -0.2) is 30.3 Å². The van der Waals surface area contributed by atoms with Gasteiger partial charge < -0.3 is 15.2 Å². The molecular formula is C16H25NO3. The maximum Gasteiger partial charge on any atom is 0.337 e. The summed E-state index contributed by atoms with van der Waals surface area (Å²) in [6.45, 7) is 7.18. The zero-order valence-corrected chi connectivity index (χ0v) is 12.8. The lowest BCUT2D eigenvalue weighted by Gasteiger charge is -2.30. The maximum atomic E-state index is 11.3. The summed E-state index contributed by atoms with van der Waals surface area (Å²) in [4.78, 5) is 11.3. The molecule has 0 aliphatic carbocycles. The van der Waals surface area contributed by atoms with Gasteiger partial charge in [0.2, 0.25) is 0 Å². The molecular weight excluding hydrogens is 254 g/mol. The lowest BCUT2D eigenvalue weighted by atomic mass is 9.88. The van der Waals surface area contributed by atoms with Gasteiger partial charge >= 0.3 is 5.97 Å². The first kappa shape index (κ1) is 16.7. The summed E-state index contributed by atoms with van der Waals surface area (Å²) in [5.41, 5.74) is 0.904. The van der Waals surface area contributed by atoms with E-state index in [1.165, 1.54) is 7.11 Å². The summed E-state index contributed by atoms with van der Waals surface area (Å²) in [6, 6.07) is 7.26. The molecule has 0 saturated heterocycles. The summed E-state index contributed by atoms with van der Waals surface area (Å²) in [7, 11) is 1.37. The lowest BCUT2D eigenvalue weighted by Crippen LogP contribution is -2.42. The third-order valence-electron chi connectivity index (χ3n) is 3.86. The third kappa shape index (κ3) is 4.62. The Balaban J connectivity index is 2.48. The molecule has 0 saturated carbocycles. The molecule has 4 heteroatoms. The van der Waals surface area contributed by atoms with Crippen LogP contribution in [0.5, 0.6) is 0 Å². The number of hydrogen-bond donors (Lipinski definition) is 2. The van der Waals surface area contributed by atoms with Crippen molar-refractivity contribution >= 4 is 5.97 Å². The van der Waals surface area contributed by atoms with Crippen LogP contribution in [-0.2, 0) is 11.3 Å². The number of ether oxygens (including phenoxy) is 1. The summed E-state index contributed by atoms with van der Waals surface area (Å²) in [5.74, 6) is -0.0825. The van der Waals surface area contributed by atoms with Crippen LogP contribution in [0.1, 0.15) is 43.1 Å². The van der Waals surface area contributed by atoms with Gasteiger partial charge in [-0.2, -0.15) is 0 Å². The Kier molecular flexibility index (Phi) is 6.17. The Morgan fingerprint density at radius 2 is 2.00 bits per heavy atom. The molecule has 20 heavy (non-hydrogen) atoms. The molecule has 0 radical (unpaired) electrons. The lowest BCUT2D eigenvalue weighted by molar-refractivity contribution is 0.00534. The number of carbonyl (C=O) groups excluding carboxylic acids is 1. The highest BCUT2D eigenvalue weighted by Crippen LogP contribution is 2.19. The molecule has 2 unspecified atom stereocenters. The van der Waals surface area contributed by atoms with Gasteiger partial charge in [0.15, 0.2) is 0 Å². The minimum atomic E-state index is -0.708. The first-order chi connectivity index (χ1) is 9.40. The average Bonchev–Trinajstić information content (AvgIpc) is 2.46. The van der Waals surface area contributed by atoms with Gasteiger partial charge in [0, 0.05) is 13.1 Å². The number of carbonyl (C=O) groups is 1. The van der Waals surface area contributed by atoms with Crippen LogP contribution in [0, 0.1) is 5.92 Å². The van der Waals surface area contributed by atoms with E-state index in [0.29, 0.717) is 18.7 Å². The van der Waals surface area contributed by atoms with E-state index >= 15 is 0 Å². The van der Waals surface area contributed by atoms with E-state index in [1.54, 1.807) is 12.1 Å². The van der Waals surface area contributed by atoms with Crippen molar-refractivity contribution in [3.8, 4) is 0 Å². The van der Waals surface area contributed by atoms with Gasteiger partial charge in [-0.3, -0.25) is 0 Å². The average molecular weight is 279 g/mol. The number of methoxy groups -OCH3 is 1. The number of nitrogens with one attached hydrogen (secondary N) is 1. The summed E-state index contributed by atoms with van der Waals surface area (Å²) < 4.78 is 4.65. The largest absolute Gasteiger partial charge is 0.465 e. The molecule has 0 bridgehead atoms. The first-order valence-electron chi connectivity index (χ1n) is 7.01. The quantitative estimate of drug-likeness (QED) is 0.752. The zero-order valence-electron chi connectivity index (χ0n) is 12.8. The Hall–Kier alpha value is -1.39. The molecule has 0 heterocycles. The van der Waals surface area contributed by atoms with Crippen LogP contribution < -0.4 is 5.32 Å². The highest BCUT2D eigenvalue weighted by Gasteiger charge is 2.26. The zero-order chi connectivity index (χ0) is 15.2. The van der Waals surface area contributed by atoms with E-state index in [2.05, 4.69) is 17.0 Å². The predicted octanol–water partition coefficient (Wildman–Crippen LogP) is 2.36. The highest BCUT2D eigenvalue weighted by atomic mass is 16.5. The molecule has 0 fully saturated rings. The van der Waals surface area contributed by atoms with E-state index < -0.39 is 5.60 Å². The molecule has 2 N–H and O–H groups in total. The van der Waals surface area contributed by atoms with Crippen molar-refractivity contribution in [1.82, 2.24) is 5.32 Å². The predicted molar refractivity (Wildman–Crippen MR) is 79.6 cm³/mol. The molecule has 0 aliphatic rings. The van der Waals surface area contributed by atoms with Crippen LogP contribution in [0.25, 0.3) is 0 Å². The van der Waals surface area contributed by atoms with Crippen molar-refractivity contribution in [2.24, 2.45) is 5.92 Å². The molecule has 4 nitrogen and oxygen atoms in total. The van der Waals surface area contributed by atoms with E-state index in [9.17, 15) is 9.90 Å². The number of aliphatic hydroxyl groups is 1. The molecule has 112 valence electrons. The van der Waals surface area contributed by atoms with Gasteiger partial charge in [-0.1, -0.05) is 32.4 Å². The van der Waals surface area contributed by atoms with Crippen LogP contribution in [0.2, 0.25) is 0 Å². The third-order valence-corrected chi connectivity index (χ3v) is 3.86. The van der Waals surface area contributed by atoms with Gasteiger partial charge in [-0.25, -0.2) is 4.79 Å². The van der Waals surface area contributed by atoms with Crippen LogP contribution in [0.15, 0.2) is 24.3 Å². The van der Waals surface area contributed by atoms with E-state index in [-0.39, 0.29) is 11.9 Å². The topological polar surface area (TPSA) is 58.6 Å². The number of rotatable bonds is 7. The SMILES string of the molecule is CCC(C)C(C)(O)CNCc1ccc(C(=O)OC)cc1. The molecule has 1 rings (SSSR count). The standard InChI is InChI=1S/C16H25NO3/c1-5-12(2)16(3,19)11-17-10-13-6-8-14(9-7-13)15(18)20-4/h6-9,12,17,19H,5,10-11H2,1-4H3. The van der Waals surface area contributed by atoms with E-state index in [4.69, 9.17) is 0 Å². The van der Waals surface area contributed by atoms with E-state index in [0.717, 1.165) is 12.0 Å².